The molecule has 0 saturated carbocycles. The van der Waals surface area contributed by atoms with Crippen molar-refractivity contribution in [2.75, 3.05) is 19.9 Å². The minimum absolute atomic E-state index is 0.113. The molecule has 140 valence electrons. The first-order valence-corrected chi connectivity index (χ1v) is 8.52. The summed E-state index contributed by atoms with van der Waals surface area (Å²) in [6.45, 7) is 1.43. The minimum atomic E-state index is -0.692. The second-order valence-electron chi connectivity index (χ2n) is 5.89. The number of Topliss-reactive ketones (excluding diaryl/α,β-unsaturated/α-hetero) is 1. The van der Waals surface area contributed by atoms with Gasteiger partial charge in [-0.2, -0.15) is 0 Å². The van der Waals surface area contributed by atoms with Crippen LogP contribution >= 0.6 is 0 Å². The molecule has 2 aromatic carbocycles. The highest BCUT2D eigenvalue weighted by Crippen LogP contribution is 2.32. The molecule has 0 saturated heterocycles. The van der Waals surface area contributed by atoms with Crippen molar-refractivity contribution in [2.45, 2.75) is 13.3 Å². The maximum Gasteiger partial charge on any atom is 0.325 e. The van der Waals surface area contributed by atoms with E-state index in [9.17, 15) is 14.4 Å². The standard InChI is InChI=1S/C20H19NO6/c1-2-13-3-5-14(6-4-13)16(22)11-25-19(23)10-21-20(24)15-7-8-17-18(9-15)27-12-26-17/h3-9H,2,10-12H2,1H3,(H,21,24). The Kier molecular flexibility index (Phi) is 5.71. The lowest BCUT2D eigenvalue weighted by Gasteiger charge is -2.07. The normalized spacial score (nSPS) is 11.7. The number of aryl methyl sites for hydroxylation is 1. The van der Waals surface area contributed by atoms with E-state index in [4.69, 9.17) is 14.2 Å². The molecule has 0 radical (unpaired) electrons. The van der Waals surface area contributed by atoms with Crippen molar-refractivity contribution >= 4 is 17.7 Å². The molecule has 1 heterocycles. The number of carbonyl (C=O) groups excluding carboxylic acids is 3. The molecule has 1 aliphatic heterocycles. The van der Waals surface area contributed by atoms with E-state index >= 15 is 0 Å². The molecular weight excluding hydrogens is 350 g/mol. The molecule has 27 heavy (non-hydrogen) atoms. The zero-order valence-corrected chi connectivity index (χ0v) is 14.8. The van der Waals surface area contributed by atoms with Gasteiger partial charge in [0, 0.05) is 11.1 Å². The average molecular weight is 369 g/mol. The maximum atomic E-state index is 12.1. The van der Waals surface area contributed by atoms with E-state index in [1.54, 1.807) is 24.3 Å². The predicted molar refractivity (Wildman–Crippen MR) is 96.0 cm³/mol. The van der Waals surface area contributed by atoms with Gasteiger partial charge in [0.1, 0.15) is 6.54 Å². The Balaban J connectivity index is 1.45. The van der Waals surface area contributed by atoms with Gasteiger partial charge in [-0.25, -0.2) is 0 Å². The van der Waals surface area contributed by atoms with E-state index in [1.165, 1.54) is 6.07 Å². The summed E-state index contributed by atoms with van der Waals surface area (Å²) in [7, 11) is 0. The van der Waals surface area contributed by atoms with Crippen LogP contribution in [0.2, 0.25) is 0 Å². The molecule has 1 aliphatic rings. The summed E-state index contributed by atoms with van der Waals surface area (Å²) in [6.07, 6.45) is 0.881. The fourth-order valence-corrected chi connectivity index (χ4v) is 2.50. The van der Waals surface area contributed by atoms with E-state index in [0.717, 1.165) is 12.0 Å². The first-order chi connectivity index (χ1) is 13.1. The summed E-state index contributed by atoms with van der Waals surface area (Å²) < 4.78 is 15.3. The van der Waals surface area contributed by atoms with Gasteiger partial charge in [-0.05, 0) is 30.2 Å². The molecule has 7 nitrogen and oxygen atoms in total. The largest absolute Gasteiger partial charge is 0.456 e. The number of ether oxygens (including phenoxy) is 3. The molecular formula is C20H19NO6. The van der Waals surface area contributed by atoms with Crippen molar-refractivity contribution in [1.29, 1.82) is 0 Å². The van der Waals surface area contributed by atoms with Gasteiger partial charge in [0.25, 0.3) is 5.91 Å². The number of amides is 1. The molecule has 0 fully saturated rings. The number of fused-ring (bicyclic) bond motifs is 1. The Morgan fingerprint density at radius 2 is 1.70 bits per heavy atom. The SMILES string of the molecule is CCc1ccc(C(=O)COC(=O)CNC(=O)c2ccc3c(c2)OCO3)cc1. The second kappa shape index (κ2) is 8.35. The minimum Gasteiger partial charge on any atom is -0.456 e. The highest BCUT2D eigenvalue weighted by molar-refractivity contribution is 5.99. The predicted octanol–water partition coefficient (Wildman–Crippen LogP) is 2.13. The van der Waals surface area contributed by atoms with Gasteiger partial charge < -0.3 is 19.5 Å². The van der Waals surface area contributed by atoms with Gasteiger partial charge in [0.15, 0.2) is 23.9 Å². The molecule has 2 aromatic rings. The quantitative estimate of drug-likeness (QED) is 0.594. The third kappa shape index (κ3) is 4.63. The Hall–Kier alpha value is -3.35. The van der Waals surface area contributed by atoms with Gasteiger partial charge in [-0.1, -0.05) is 31.2 Å². The zero-order chi connectivity index (χ0) is 19.2. The van der Waals surface area contributed by atoms with Crippen molar-refractivity contribution in [3.63, 3.8) is 0 Å². The average Bonchev–Trinajstić information content (AvgIpc) is 3.18. The molecule has 1 amide bonds. The lowest BCUT2D eigenvalue weighted by molar-refractivity contribution is -0.141. The van der Waals surface area contributed by atoms with Crippen LogP contribution < -0.4 is 14.8 Å². The van der Waals surface area contributed by atoms with Gasteiger partial charge >= 0.3 is 5.97 Å². The van der Waals surface area contributed by atoms with Crippen LogP contribution in [-0.4, -0.2) is 37.6 Å². The van der Waals surface area contributed by atoms with E-state index in [0.29, 0.717) is 22.6 Å². The number of hydrogen-bond acceptors (Lipinski definition) is 6. The molecule has 1 N–H and O–H groups in total. The van der Waals surface area contributed by atoms with Crippen molar-refractivity contribution in [3.8, 4) is 11.5 Å². The molecule has 0 atom stereocenters. The Morgan fingerprint density at radius 3 is 2.44 bits per heavy atom. The van der Waals surface area contributed by atoms with Crippen molar-refractivity contribution in [3.05, 3.63) is 59.2 Å². The summed E-state index contributed by atoms with van der Waals surface area (Å²) in [4.78, 5) is 35.9. The van der Waals surface area contributed by atoms with Crippen LogP contribution in [0.15, 0.2) is 42.5 Å². The Bertz CT molecular complexity index is 859. The van der Waals surface area contributed by atoms with E-state index in [1.807, 2.05) is 19.1 Å². The number of hydrogen-bond donors (Lipinski definition) is 1. The lowest BCUT2D eigenvalue weighted by Crippen LogP contribution is -2.31. The van der Waals surface area contributed by atoms with Gasteiger partial charge in [-0.15, -0.1) is 0 Å². The van der Waals surface area contributed by atoms with Crippen LogP contribution in [0.3, 0.4) is 0 Å². The summed E-state index contributed by atoms with van der Waals surface area (Å²) in [5.74, 6) is -0.399. The fourth-order valence-electron chi connectivity index (χ4n) is 2.50. The van der Waals surface area contributed by atoms with Crippen LogP contribution in [0.5, 0.6) is 11.5 Å². The first-order valence-electron chi connectivity index (χ1n) is 8.52. The van der Waals surface area contributed by atoms with Crippen LogP contribution in [0.1, 0.15) is 33.2 Å². The molecule has 3 rings (SSSR count). The van der Waals surface area contributed by atoms with Crippen molar-refractivity contribution < 1.29 is 28.6 Å². The van der Waals surface area contributed by atoms with Gasteiger partial charge in [0.05, 0.1) is 0 Å². The Morgan fingerprint density at radius 1 is 1.00 bits per heavy atom. The lowest BCUT2D eigenvalue weighted by atomic mass is 10.1. The third-order valence-electron chi connectivity index (χ3n) is 4.08. The van der Waals surface area contributed by atoms with E-state index in [-0.39, 0.29) is 25.7 Å². The summed E-state index contributed by atoms with van der Waals surface area (Å²) in [5.41, 5.74) is 1.93. The van der Waals surface area contributed by atoms with Crippen molar-refractivity contribution in [2.24, 2.45) is 0 Å². The molecule has 0 spiro atoms. The summed E-state index contributed by atoms with van der Waals surface area (Å²) in [6, 6.07) is 11.9. The van der Waals surface area contributed by atoms with Crippen molar-refractivity contribution in [1.82, 2.24) is 5.32 Å². The molecule has 0 bridgehead atoms. The zero-order valence-electron chi connectivity index (χ0n) is 14.8. The molecule has 0 aromatic heterocycles. The number of benzene rings is 2. The van der Waals surface area contributed by atoms with Gasteiger partial charge in [-0.3, -0.25) is 14.4 Å². The fraction of sp³-hybridized carbons (Fsp3) is 0.250. The van der Waals surface area contributed by atoms with Crippen LogP contribution in [0, 0.1) is 0 Å². The number of carbonyl (C=O) groups is 3. The number of rotatable bonds is 7. The van der Waals surface area contributed by atoms with E-state index < -0.39 is 11.9 Å². The summed E-state index contributed by atoms with van der Waals surface area (Å²) in [5, 5.41) is 2.45. The van der Waals surface area contributed by atoms with E-state index in [2.05, 4.69) is 5.32 Å². The second-order valence-corrected chi connectivity index (χ2v) is 5.89. The molecule has 0 unspecified atom stereocenters. The molecule has 0 aliphatic carbocycles. The van der Waals surface area contributed by atoms with Crippen LogP contribution in [0.25, 0.3) is 0 Å². The van der Waals surface area contributed by atoms with Crippen LogP contribution in [-0.2, 0) is 16.0 Å². The number of nitrogens with one attached hydrogen (secondary N) is 1. The highest BCUT2D eigenvalue weighted by atomic mass is 16.7. The first kappa shape index (κ1) is 18.4. The smallest absolute Gasteiger partial charge is 0.325 e. The van der Waals surface area contributed by atoms with Crippen LogP contribution in [0.4, 0.5) is 0 Å². The monoisotopic (exact) mass is 369 g/mol. The third-order valence-corrected chi connectivity index (χ3v) is 4.08. The topological polar surface area (TPSA) is 90.9 Å². The number of esters is 1. The number of ketones is 1. The maximum absolute atomic E-state index is 12.1. The van der Waals surface area contributed by atoms with Gasteiger partial charge in [0.2, 0.25) is 6.79 Å². The highest BCUT2D eigenvalue weighted by Gasteiger charge is 2.17. The Labute approximate surface area is 156 Å². The molecule has 7 heteroatoms. The summed E-state index contributed by atoms with van der Waals surface area (Å²) >= 11 is 0.